The highest BCUT2D eigenvalue weighted by molar-refractivity contribution is 7.89. The summed E-state index contributed by atoms with van der Waals surface area (Å²) in [6.45, 7) is 2.35. The van der Waals surface area contributed by atoms with Gasteiger partial charge in [0.25, 0.3) is 0 Å². The van der Waals surface area contributed by atoms with Crippen molar-refractivity contribution < 1.29 is 8.42 Å². The van der Waals surface area contributed by atoms with E-state index in [2.05, 4.69) is 4.72 Å². The molecule has 1 aromatic rings. The molecule has 0 amide bonds. The van der Waals surface area contributed by atoms with Gasteiger partial charge in [0, 0.05) is 6.04 Å². The van der Waals surface area contributed by atoms with Crippen LogP contribution in [0, 0.1) is 12.8 Å². The first kappa shape index (κ1) is 17.7. The predicted octanol–water partition coefficient (Wildman–Crippen LogP) is 2.48. The Morgan fingerprint density at radius 3 is 2.75 bits per heavy atom. The van der Waals surface area contributed by atoms with E-state index in [1.54, 1.807) is 18.2 Å². The minimum absolute atomic E-state index is 0. The van der Waals surface area contributed by atoms with Crippen LogP contribution >= 0.6 is 24.0 Å². The van der Waals surface area contributed by atoms with Crippen molar-refractivity contribution in [3.63, 3.8) is 0 Å². The van der Waals surface area contributed by atoms with Gasteiger partial charge in [-0.1, -0.05) is 24.1 Å². The van der Waals surface area contributed by atoms with Crippen LogP contribution < -0.4 is 10.5 Å². The van der Waals surface area contributed by atoms with Crippen LogP contribution in [0.2, 0.25) is 5.02 Å². The third-order valence-electron chi connectivity index (χ3n) is 3.64. The lowest BCUT2D eigenvalue weighted by molar-refractivity contribution is 0.453. The average molecular weight is 339 g/mol. The summed E-state index contributed by atoms with van der Waals surface area (Å²) in [5, 5.41) is 0.250. The Bertz CT molecular complexity index is 563. The molecule has 0 aromatic heterocycles. The molecule has 20 heavy (non-hydrogen) atoms. The van der Waals surface area contributed by atoms with Crippen molar-refractivity contribution in [3.8, 4) is 0 Å². The molecule has 1 aliphatic rings. The highest BCUT2D eigenvalue weighted by atomic mass is 35.5. The van der Waals surface area contributed by atoms with Crippen molar-refractivity contribution in [1.29, 1.82) is 0 Å². The fourth-order valence-corrected chi connectivity index (χ4v) is 4.48. The van der Waals surface area contributed by atoms with Gasteiger partial charge in [0.1, 0.15) is 4.90 Å². The molecule has 1 aromatic carbocycles. The highest BCUT2D eigenvalue weighted by Crippen LogP contribution is 2.28. The summed E-state index contributed by atoms with van der Waals surface area (Å²) in [7, 11) is -3.58. The van der Waals surface area contributed by atoms with Crippen LogP contribution in [0.4, 0.5) is 0 Å². The SMILES string of the molecule is Cc1ccc(Cl)c(S(=O)(=O)NC2CCCC2CN)c1.Cl. The van der Waals surface area contributed by atoms with Gasteiger partial charge >= 0.3 is 0 Å². The number of nitrogens with two attached hydrogens (primary N) is 1. The lowest BCUT2D eigenvalue weighted by atomic mass is 10.1. The van der Waals surface area contributed by atoms with E-state index in [0.717, 1.165) is 24.8 Å². The highest BCUT2D eigenvalue weighted by Gasteiger charge is 2.31. The number of hydrogen-bond donors (Lipinski definition) is 2. The molecule has 114 valence electrons. The second-order valence-corrected chi connectivity index (χ2v) is 7.18. The van der Waals surface area contributed by atoms with Crippen molar-refractivity contribution in [3.05, 3.63) is 28.8 Å². The number of rotatable bonds is 4. The van der Waals surface area contributed by atoms with E-state index in [-0.39, 0.29) is 34.3 Å². The largest absolute Gasteiger partial charge is 0.330 e. The summed E-state index contributed by atoms with van der Waals surface area (Å²) < 4.78 is 27.5. The van der Waals surface area contributed by atoms with Crippen molar-refractivity contribution in [2.24, 2.45) is 11.7 Å². The number of nitrogens with one attached hydrogen (secondary N) is 1. The predicted molar refractivity (Wildman–Crippen MR) is 83.9 cm³/mol. The molecule has 2 unspecified atom stereocenters. The normalized spacial score (nSPS) is 22.6. The molecule has 0 saturated heterocycles. The number of hydrogen-bond acceptors (Lipinski definition) is 3. The van der Waals surface area contributed by atoms with Crippen LogP contribution in [0.5, 0.6) is 0 Å². The fourth-order valence-electron chi connectivity index (χ4n) is 2.55. The van der Waals surface area contributed by atoms with Gasteiger partial charge in [0.05, 0.1) is 5.02 Å². The molecule has 3 N–H and O–H groups in total. The summed E-state index contributed by atoms with van der Waals surface area (Å²) in [6.07, 6.45) is 2.83. The van der Waals surface area contributed by atoms with Gasteiger partial charge < -0.3 is 5.73 Å². The van der Waals surface area contributed by atoms with E-state index in [4.69, 9.17) is 17.3 Å². The monoisotopic (exact) mass is 338 g/mol. The van der Waals surface area contributed by atoms with E-state index >= 15 is 0 Å². The van der Waals surface area contributed by atoms with E-state index < -0.39 is 10.0 Å². The van der Waals surface area contributed by atoms with Crippen LogP contribution in [0.3, 0.4) is 0 Å². The second-order valence-electron chi connectivity index (χ2n) is 5.09. The molecule has 2 rings (SSSR count). The maximum absolute atomic E-state index is 12.4. The minimum Gasteiger partial charge on any atom is -0.330 e. The quantitative estimate of drug-likeness (QED) is 0.885. The van der Waals surface area contributed by atoms with Crippen molar-refractivity contribution in [2.45, 2.75) is 37.1 Å². The molecule has 0 spiro atoms. The first-order chi connectivity index (χ1) is 8.94. The summed E-state index contributed by atoms with van der Waals surface area (Å²) in [6, 6.07) is 4.92. The standard InChI is InChI=1S/C13H19ClN2O2S.ClH/c1-9-5-6-11(14)13(7-9)19(17,18)16-12-4-2-3-10(12)8-15;/h5-7,10,12,16H,2-4,8,15H2,1H3;1H. The van der Waals surface area contributed by atoms with Gasteiger partial charge in [-0.15, -0.1) is 12.4 Å². The fraction of sp³-hybridized carbons (Fsp3) is 0.538. The molecule has 2 atom stereocenters. The maximum Gasteiger partial charge on any atom is 0.242 e. The van der Waals surface area contributed by atoms with Crippen LogP contribution in [0.1, 0.15) is 24.8 Å². The zero-order valence-corrected chi connectivity index (χ0v) is 13.7. The van der Waals surface area contributed by atoms with Crippen LogP contribution in [0.15, 0.2) is 23.1 Å². The van der Waals surface area contributed by atoms with Crippen molar-refractivity contribution in [2.75, 3.05) is 6.54 Å². The Hall–Kier alpha value is -0.330. The van der Waals surface area contributed by atoms with Crippen molar-refractivity contribution >= 4 is 34.0 Å². The zero-order valence-electron chi connectivity index (χ0n) is 11.3. The molecule has 0 aliphatic heterocycles. The van der Waals surface area contributed by atoms with Crippen molar-refractivity contribution in [1.82, 2.24) is 4.72 Å². The molecular weight excluding hydrogens is 319 g/mol. The Labute approximate surface area is 131 Å². The first-order valence-electron chi connectivity index (χ1n) is 6.42. The van der Waals surface area contributed by atoms with Crippen LogP contribution in [-0.2, 0) is 10.0 Å². The number of benzene rings is 1. The minimum atomic E-state index is -3.58. The number of halogens is 2. The number of sulfonamides is 1. The molecule has 0 bridgehead atoms. The van der Waals surface area contributed by atoms with Gasteiger partial charge in [-0.25, -0.2) is 13.1 Å². The van der Waals surface area contributed by atoms with Gasteiger partial charge in [0.15, 0.2) is 0 Å². The molecule has 1 saturated carbocycles. The summed E-state index contributed by atoms with van der Waals surface area (Å²) in [4.78, 5) is 0.150. The Morgan fingerprint density at radius 2 is 2.10 bits per heavy atom. The smallest absolute Gasteiger partial charge is 0.242 e. The number of aryl methyl sites for hydroxylation is 1. The second kappa shape index (κ2) is 7.09. The zero-order chi connectivity index (χ0) is 14.0. The van der Waals surface area contributed by atoms with Gasteiger partial charge in [-0.2, -0.15) is 0 Å². The van der Waals surface area contributed by atoms with Gasteiger partial charge in [-0.05, 0) is 49.9 Å². The molecule has 7 heteroatoms. The molecule has 1 aliphatic carbocycles. The Morgan fingerprint density at radius 1 is 1.40 bits per heavy atom. The Kier molecular flexibility index (Phi) is 6.28. The summed E-state index contributed by atoms with van der Waals surface area (Å²) >= 11 is 5.99. The lowest BCUT2D eigenvalue weighted by Crippen LogP contribution is -2.39. The van der Waals surface area contributed by atoms with Gasteiger partial charge in [-0.3, -0.25) is 0 Å². The third-order valence-corrected chi connectivity index (χ3v) is 5.62. The van der Waals surface area contributed by atoms with Gasteiger partial charge in [0.2, 0.25) is 10.0 Å². The third kappa shape index (κ3) is 3.86. The van der Waals surface area contributed by atoms with Crippen LogP contribution in [-0.4, -0.2) is 21.0 Å². The van der Waals surface area contributed by atoms with E-state index in [0.29, 0.717) is 6.54 Å². The first-order valence-corrected chi connectivity index (χ1v) is 8.28. The van der Waals surface area contributed by atoms with E-state index in [1.807, 2.05) is 6.92 Å². The molecule has 0 heterocycles. The summed E-state index contributed by atoms with van der Waals surface area (Å²) in [5.74, 6) is 0.221. The average Bonchev–Trinajstić information content (AvgIpc) is 2.78. The summed E-state index contributed by atoms with van der Waals surface area (Å²) in [5.41, 5.74) is 6.54. The maximum atomic E-state index is 12.4. The molecule has 1 fully saturated rings. The molecule has 0 radical (unpaired) electrons. The topological polar surface area (TPSA) is 72.2 Å². The van der Waals surface area contributed by atoms with E-state index in [1.165, 1.54) is 0 Å². The Balaban J connectivity index is 0.00000200. The lowest BCUT2D eigenvalue weighted by Gasteiger charge is -2.20. The molecule has 4 nitrogen and oxygen atoms in total. The molecular formula is C13H20Cl2N2O2S. The van der Waals surface area contributed by atoms with E-state index in [9.17, 15) is 8.42 Å². The van der Waals surface area contributed by atoms with Crippen LogP contribution in [0.25, 0.3) is 0 Å².